The highest BCUT2D eigenvalue weighted by atomic mass is 16.5. The number of para-hydroxylation sites is 2. The highest BCUT2D eigenvalue weighted by molar-refractivity contribution is 6.00. The summed E-state index contributed by atoms with van der Waals surface area (Å²) in [6.45, 7) is 2.57. The van der Waals surface area contributed by atoms with Gasteiger partial charge < -0.3 is 20.4 Å². The van der Waals surface area contributed by atoms with Gasteiger partial charge in [-0.25, -0.2) is 0 Å². The van der Waals surface area contributed by atoms with Crippen LogP contribution in [-0.4, -0.2) is 22.9 Å². The van der Waals surface area contributed by atoms with E-state index in [-0.39, 0.29) is 11.7 Å². The van der Waals surface area contributed by atoms with Crippen molar-refractivity contribution in [3.05, 3.63) is 54.2 Å². The number of fused-ring (bicyclic) bond motifs is 1. The molecule has 6 nitrogen and oxygen atoms in total. The standard InChI is InChI=1S/C25H31N3O3/c1-3-31-19-14-15-22-18(16-19)17-23(28(22)2)24(29)12-6-4-5-7-13-25(30)27-21-11-9-8-10-20(21)26/h8-11,14-17H,3-7,12-13,26H2,1-2H3,(H,27,30). The summed E-state index contributed by atoms with van der Waals surface area (Å²) in [5, 5.41) is 3.86. The summed E-state index contributed by atoms with van der Waals surface area (Å²) < 4.78 is 7.50. The number of Topliss-reactive ketones (excluding diaryl/α,β-unsaturated/α-hetero) is 1. The van der Waals surface area contributed by atoms with Gasteiger partial charge in [0.25, 0.3) is 0 Å². The third-order valence-corrected chi connectivity index (χ3v) is 5.40. The molecule has 0 atom stereocenters. The Morgan fingerprint density at radius 1 is 1.00 bits per heavy atom. The normalized spacial score (nSPS) is 10.9. The van der Waals surface area contributed by atoms with Crippen molar-refractivity contribution in [2.24, 2.45) is 7.05 Å². The lowest BCUT2D eigenvalue weighted by molar-refractivity contribution is -0.116. The maximum Gasteiger partial charge on any atom is 0.224 e. The zero-order valence-electron chi connectivity index (χ0n) is 18.3. The smallest absolute Gasteiger partial charge is 0.224 e. The number of anilines is 2. The van der Waals surface area contributed by atoms with E-state index < -0.39 is 0 Å². The van der Waals surface area contributed by atoms with Crippen molar-refractivity contribution < 1.29 is 14.3 Å². The van der Waals surface area contributed by atoms with Crippen LogP contribution in [0.1, 0.15) is 55.9 Å². The second-order valence-corrected chi connectivity index (χ2v) is 7.72. The average molecular weight is 422 g/mol. The Bertz CT molecular complexity index is 1060. The number of ether oxygens (including phenoxy) is 1. The summed E-state index contributed by atoms with van der Waals surface area (Å²) in [5.74, 6) is 0.934. The van der Waals surface area contributed by atoms with Gasteiger partial charge in [-0.3, -0.25) is 9.59 Å². The molecule has 0 saturated heterocycles. The van der Waals surface area contributed by atoms with Crippen molar-refractivity contribution >= 4 is 34.0 Å². The minimum absolute atomic E-state index is 0.0316. The molecule has 2 aromatic carbocycles. The number of aromatic nitrogens is 1. The van der Waals surface area contributed by atoms with Crippen LogP contribution < -0.4 is 15.8 Å². The van der Waals surface area contributed by atoms with Gasteiger partial charge in [-0.2, -0.15) is 0 Å². The highest BCUT2D eigenvalue weighted by Gasteiger charge is 2.14. The molecule has 0 aliphatic heterocycles. The zero-order valence-corrected chi connectivity index (χ0v) is 18.3. The van der Waals surface area contributed by atoms with E-state index in [0.717, 1.165) is 48.0 Å². The van der Waals surface area contributed by atoms with Crippen LogP contribution in [0, 0.1) is 0 Å². The van der Waals surface area contributed by atoms with Crippen molar-refractivity contribution in [3.63, 3.8) is 0 Å². The summed E-state index contributed by atoms with van der Waals surface area (Å²) >= 11 is 0. The molecule has 3 N–H and O–H groups in total. The van der Waals surface area contributed by atoms with Crippen LogP contribution in [0.25, 0.3) is 10.9 Å². The monoisotopic (exact) mass is 421 g/mol. The number of carbonyl (C=O) groups excluding carboxylic acids is 2. The first kappa shape index (κ1) is 22.4. The second-order valence-electron chi connectivity index (χ2n) is 7.72. The summed E-state index contributed by atoms with van der Waals surface area (Å²) in [6, 6.07) is 15.1. The Kier molecular flexibility index (Phi) is 7.70. The minimum atomic E-state index is -0.0316. The van der Waals surface area contributed by atoms with Gasteiger partial charge in [0, 0.05) is 30.8 Å². The first-order valence-corrected chi connectivity index (χ1v) is 10.9. The second kappa shape index (κ2) is 10.7. The number of nitrogens with one attached hydrogen (secondary N) is 1. The molecule has 31 heavy (non-hydrogen) atoms. The first-order chi connectivity index (χ1) is 15.0. The van der Waals surface area contributed by atoms with E-state index in [2.05, 4.69) is 5.32 Å². The molecule has 1 aromatic heterocycles. The van der Waals surface area contributed by atoms with Crippen LogP contribution in [0.5, 0.6) is 5.75 Å². The maximum absolute atomic E-state index is 12.7. The Balaban J connectivity index is 1.41. The Labute approximate surface area is 183 Å². The number of unbranched alkanes of at least 4 members (excludes halogenated alkanes) is 3. The van der Waals surface area contributed by atoms with E-state index in [9.17, 15) is 9.59 Å². The number of carbonyl (C=O) groups is 2. The number of nitrogens with zero attached hydrogens (tertiary/aromatic N) is 1. The van der Waals surface area contributed by atoms with Crippen molar-refractivity contribution in [2.45, 2.75) is 45.4 Å². The van der Waals surface area contributed by atoms with Gasteiger partial charge in [0.05, 0.1) is 23.7 Å². The molecule has 0 bridgehead atoms. The molecule has 0 radical (unpaired) electrons. The van der Waals surface area contributed by atoms with E-state index in [1.807, 2.05) is 54.9 Å². The lowest BCUT2D eigenvalue weighted by atomic mass is 10.1. The number of ketones is 1. The van der Waals surface area contributed by atoms with Crippen LogP contribution in [0.2, 0.25) is 0 Å². The number of hydrogen-bond donors (Lipinski definition) is 2. The molecule has 0 fully saturated rings. The number of nitrogen functional groups attached to an aromatic ring is 1. The largest absolute Gasteiger partial charge is 0.494 e. The first-order valence-electron chi connectivity index (χ1n) is 10.9. The van der Waals surface area contributed by atoms with Gasteiger partial charge in [0.1, 0.15) is 5.75 Å². The molecule has 0 unspecified atom stereocenters. The van der Waals surface area contributed by atoms with E-state index in [1.54, 1.807) is 12.1 Å². The topological polar surface area (TPSA) is 86.3 Å². The van der Waals surface area contributed by atoms with Crippen LogP contribution >= 0.6 is 0 Å². The predicted octanol–water partition coefficient (Wildman–Crippen LogP) is 5.32. The van der Waals surface area contributed by atoms with Gasteiger partial charge in [-0.05, 0) is 56.2 Å². The van der Waals surface area contributed by atoms with Gasteiger partial charge in [-0.1, -0.05) is 25.0 Å². The maximum atomic E-state index is 12.7. The van der Waals surface area contributed by atoms with Gasteiger partial charge in [-0.15, -0.1) is 0 Å². The molecule has 6 heteroatoms. The Morgan fingerprint density at radius 2 is 1.74 bits per heavy atom. The van der Waals surface area contributed by atoms with Crippen LogP contribution in [0.4, 0.5) is 11.4 Å². The molecular weight excluding hydrogens is 390 g/mol. The number of aryl methyl sites for hydroxylation is 1. The molecule has 0 spiro atoms. The average Bonchev–Trinajstić information content (AvgIpc) is 3.08. The van der Waals surface area contributed by atoms with E-state index in [1.165, 1.54) is 0 Å². The van der Waals surface area contributed by atoms with Gasteiger partial charge >= 0.3 is 0 Å². The predicted molar refractivity (Wildman–Crippen MR) is 126 cm³/mol. The van der Waals surface area contributed by atoms with Crippen LogP contribution in [-0.2, 0) is 11.8 Å². The quantitative estimate of drug-likeness (QED) is 0.249. The minimum Gasteiger partial charge on any atom is -0.494 e. The SMILES string of the molecule is CCOc1ccc2c(c1)cc(C(=O)CCCCCCC(=O)Nc1ccccc1N)n2C. The van der Waals surface area contributed by atoms with E-state index in [4.69, 9.17) is 10.5 Å². The molecule has 164 valence electrons. The van der Waals surface area contributed by atoms with Crippen molar-refractivity contribution in [3.8, 4) is 5.75 Å². The summed E-state index contributed by atoms with van der Waals surface area (Å²) in [7, 11) is 1.92. The van der Waals surface area contributed by atoms with Crippen molar-refractivity contribution in [1.29, 1.82) is 0 Å². The lowest BCUT2D eigenvalue weighted by Gasteiger charge is -2.07. The fraction of sp³-hybridized carbons (Fsp3) is 0.360. The van der Waals surface area contributed by atoms with E-state index in [0.29, 0.717) is 30.8 Å². The molecule has 1 heterocycles. The van der Waals surface area contributed by atoms with Crippen LogP contribution in [0.15, 0.2) is 48.5 Å². The third kappa shape index (κ3) is 5.87. The fourth-order valence-corrected chi connectivity index (χ4v) is 3.73. The Morgan fingerprint density at radius 3 is 2.48 bits per heavy atom. The van der Waals surface area contributed by atoms with Crippen LogP contribution in [0.3, 0.4) is 0 Å². The van der Waals surface area contributed by atoms with Gasteiger partial charge in [0.2, 0.25) is 5.91 Å². The summed E-state index contributed by atoms with van der Waals surface area (Å²) in [4.78, 5) is 24.7. The molecule has 3 aromatic rings. The number of nitrogens with two attached hydrogens (primary N) is 1. The highest BCUT2D eigenvalue weighted by Crippen LogP contribution is 2.25. The van der Waals surface area contributed by atoms with Crippen molar-refractivity contribution in [1.82, 2.24) is 4.57 Å². The summed E-state index contributed by atoms with van der Waals surface area (Å²) in [6.07, 6.45) is 4.41. The molecule has 0 aliphatic rings. The van der Waals surface area contributed by atoms with Gasteiger partial charge in [0.15, 0.2) is 5.78 Å². The Hall–Kier alpha value is -3.28. The van der Waals surface area contributed by atoms with Crippen molar-refractivity contribution in [2.75, 3.05) is 17.7 Å². The lowest BCUT2D eigenvalue weighted by Crippen LogP contribution is -2.12. The van der Waals surface area contributed by atoms with E-state index >= 15 is 0 Å². The molecule has 3 rings (SSSR count). The third-order valence-electron chi connectivity index (χ3n) is 5.40. The number of benzene rings is 2. The fourth-order valence-electron chi connectivity index (χ4n) is 3.73. The number of hydrogen-bond acceptors (Lipinski definition) is 4. The number of rotatable bonds is 11. The molecule has 0 saturated carbocycles. The summed E-state index contributed by atoms with van der Waals surface area (Å²) in [5.41, 5.74) is 8.81. The zero-order chi connectivity index (χ0) is 22.2. The number of amides is 1. The molecular formula is C25H31N3O3. The molecule has 0 aliphatic carbocycles. The molecule has 1 amide bonds.